The highest BCUT2D eigenvalue weighted by Crippen LogP contribution is 2.22. The molecule has 3 nitrogen and oxygen atoms in total. The van der Waals surface area contributed by atoms with E-state index in [-0.39, 0.29) is 11.2 Å². The van der Waals surface area contributed by atoms with Crippen LogP contribution >= 0.6 is 11.8 Å². The molecule has 1 aliphatic rings. The van der Waals surface area contributed by atoms with Crippen molar-refractivity contribution < 1.29 is 4.79 Å². The van der Waals surface area contributed by atoms with Crippen molar-refractivity contribution in [3.8, 4) is 0 Å². The smallest absolute Gasteiger partial charge is 0.230 e. The Kier molecular flexibility index (Phi) is 3.88. The Bertz CT molecular complexity index is 157. The number of hydrogen-bond donors (Lipinski definition) is 2. The fraction of sp³-hybridized carbons (Fsp3) is 0.875. The molecule has 1 fully saturated rings. The third kappa shape index (κ3) is 3.03. The highest BCUT2D eigenvalue weighted by Gasteiger charge is 2.18. The van der Waals surface area contributed by atoms with Crippen molar-refractivity contribution in [1.82, 2.24) is 5.32 Å². The summed E-state index contributed by atoms with van der Waals surface area (Å²) in [6, 6.07) is 0. The number of hydrogen-bond acceptors (Lipinski definition) is 3. The van der Waals surface area contributed by atoms with Gasteiger partial charge in [0, 0.05) is 11.8 Å². The second kappa shape index (κ2) is 4.72. The number of piperidine rings is 1. The van der Waals surface area contributed by atoms with E-state index in [1.165, 1.54) is 12.8 Å². The van der Waals surface area contributed by atoms with Crippen LogP contribution in [0.1, 0.15) is 19.8 Å². The van der Waals surface area contributed by atoms with E-state index < -0.39 is 0 Å². The summed E-state index contributed by atoms with van der Waals surface area (Å²) in [4.78, 5) is 10.8. The predicted octanol–water partition coefficient (Wildman–Crippen LogP) is 0.345. The molecular formula is C8H16N2OS. The van der Waals surface area contributed by atoms with Gasteiger partial charge in [0.1, 0.15) is 0 Å². The van der Waals surface area contributed by atoms with Crippen LogP contribution in [0.2, 0.25) is 0 Å². The standard InChI is InChI=1S/C8H16N2OS/c1-6(8(9)11)12-7-3-2-4-10-5-7/h6-7,10H,2-5H2,1H3,(H2,9,11). The fourth-order valence-electron chi connectivity index (χ4n) is 1.29. The molecule has 2 unspecified atom stereocenters. The van der Waals surface area contributed by atoms with Gasteiger partial charge in [0.15, 0.2) is 0 Å². The van der Waals surface area contributed by atoms with Crippen LogP contribution < -0.4 is 11.1 Å². The monoisotopic (exact) mass is 188 g/mol. The first-order valence-electron chi connectivity index (χ1n) is 4.35. The molecule has 1 heterocycles. The van der Waals surface area contributed by atoms with Gasteiger partial charge in [-0.2, -0.15) is 0 Å². The van der Waals surface area contributed by atoms with Gasteiger partial charge >= 0.3 is 0 Å². The molecule has 1 rings (SSSR count). The van der Waals surface area contributed by atoms with Crippen molar-refractivity contribution in [2.75, 3.05) is 13.1 Å². The normalized spacial score (nSPS) is 26.6. The number of carbonyl (C=O) groups is 1. The largest absolute Gasteiger partial charge is 0.369 e. The van der Waals surface area contributed by atoms with Gasteiger partial charge in [-0.1, -0.05) is 0 Å². The number of nitrogens with one attached hydrogen (secondary N) is 1. The summed E-state index contributed by atoms with van der Waals surface area (Å²) in [5.41, 5.74) is 5.17. The van der Waals surface area contributed by atoms with E-state index in [1.54, 1.807) is 11.8 Å². The predicted molar refractivity (Wildman–Crippen MR) is 52.1 cm³/mol. The van der Waals surface area contributed by atoms with Gasteiger partial charge in [0.2, 0.25) is 5.91 Å². The number of carbonyl (C=O) groups excluding carboxylic acids is 1. The van der Waals surface area contributed by atoms with Crippen molar-refractivity contribution in [3.05, 3.63) is 0 Å². The first kappa shape index (κ1) is 9.86. The Morgan fingerprint density at radius 2 is 2.50 bits per heavy atom. The molecule has 12 heavy (non-hydrogen) atoms. The van der Waals surface area contributed by atoms with Crippen molar-refractivity contribution in [2.24, 2.45) is 5.73 Å². The molecule has 0 bridgehead atoms. The van der Waals surface area contributed by atoms with Gasteiger partial charge in [-0.3, -0.25) is 4.79 Å². The van der Waals surface area contributed by atoms with Crippen LogP contribution in [0, 0.1) is 0 Å². The fourth-order valence-corrected chi connectivity index (χ4v) is 2.52. The molecule has 4 heteroatoms. The zero-order valence-corrected chi connectivity index (χ0v) is 8.19. The average molecular weight is 188 g/mol. The molecule has 3 N–H and O–H groups in total. The van der Waals surface area contributed by atoms with Gasteiger partial charge in [0.05, 0.1) is 5.25 Å². The lowest BCUT2D eigenvalue weighted by atomic mass is 10.2. The lowest BCUT2D eigenvalue weighted by Gasteiger charge is -2.23. The molecule has 0 aliphatic carbocycles. The van der Waals surface area contributed by atoms with Crippen LogP contribution in [-0.4, -0.2) is 29.5 Å². The minimum atomic E-state index is -0.203. The van der Waals surface area contributed by atoms with E-state index in [9.17, 15) is 4.79 Å². The quantitative estimate of drug-likeness (QED) is 0.672. The molecular weight excluding hydrogens is 172 g/mol. The van der Waals surface area contributed by atoms with E-state index in [4.69, 9.17) is 5.73 Å². The molecule has 1 aliphatic heterocycles. The van der Waals surface area contributed by atoms with Crippen molar-refractivity contribution in [3.63, 3.8) is 0 Å². The lowest BCUT2D eigenvalue weighted by Crippen LogP contribution is -2.34. The highest BCUT2D eigenvalue weighted by molar-refractivity contribution is 8.01. The Hall–Kier alpha value is -0.220. The first-order valence-corrected chi connectivity index (χ1v) is 5.30. The maximum Gasteiger partial charge on any atom is 0.230 e. The number of amides is 1. The summed E-state index contributed by atoms with van der Waals surface area (Å²) in [6.45, 7) is 4.01. The van der Waals surface area contributed by atoms with E-state index in [1.807, 2.05) is 6.92 Å². The lowest BCUT2D eigenvalue weighted by molar-refractivity contribution is -0.117. The van der Waals surface area contributed by atoms with Crippen molar-refractivity contribution in [2.45, 2.75) is 30.3 Å². The van der Waals surface area contributed by atoms with Crippen LogP contribution in [0.3, 0.4) is 0 Å². The van der Waals surface area contributed by atoms with E-state index >= 15 is 0 Å². The molecule has 1 saturated heterocycles. The number of nitrogens with two attached hydrogens (primary N) is 1. The molecule has 0 radical (unpaired) electrons. The second-order valence-corrected chi connectivity index (χ2v) is 4.79. The number of thioether (sulfide) groups is 1. The summed E-state index contributed by atoms with van der Waals surface area (Å²) in [5, 5.41) is 3.83. The second-order valence-electron chi connectivity index (χ2n) is 3.15. The summed E-state index contributed by atoms with van der Waals surface area (Å²) < 4.78 is 0. The number of primary amides is 1. The minimum Gasteiger partial charge on any atom is -0.369 e. The SMILES string of the molecule is CC(SC1CCCNC1)C(N)=O. The topological polar surface area (TPSA) is 55.1 Å². The van der Waals surface area contributed by atoms with Gasteiger partial charge in [-0.15, -0.1) is 11.8 Å². The van der Waals surface area contributed by atoms with Gasteiger partial charge in [0.25, 0.3) is 0 Å². The van der Waals surface area contributed by atoms with Crippen LogP contribution in [0.5, 0.6) is 0 Å². The Morgan fingerprint density at radius 1 is 1.75 bits per heavy atom. The maximum absolute atomic E-state index is 10.8. The molecule has 0 aromatic carbocycles. The van der Waals surface area contributed by atoms with E-state index in [0.29, 0.717) is 5.25 Å². The van der Waals surface area contributed by atoms with Crippen molar-refractivity contribution >= 4 is 17.7 Å². The summed E-state index contributed by atoms with van der Waals surface area (Å²) >= 11 is 1.69. The molecule has 2 atom stereocenters. The van der Waals surface area contributed by atoms with Crippen LogP contribution in [0.25, 0.3) is 0 Å². The van der Waals surface area contributed by atoms with Crippen LogP contribution in [-0.2, 0) is 4.79 Å². The Balaban J connectivity index is 2.24. The third-order valence-electron chi connectivity index (χ3n) is 2.05. The molecule has 0 aromatic rings. The zero-order chi connectivity index (χ0) is 8.97. The molecule has 0 saturated carbocycles. The van der Waals surface area contributed by atoms with Crippen LogP contribution in [0.4, 0.5) is 0 Å². The Labute approximate surface area is 77.5 Å². The van der Waals surface area contributed by atoms with Gasteiger partial charge < -0.3 is 11.1 Å². The molecule has 1 amide bonds. The minimum absolute atomic E-state index is 0.0464. The first-order chi connectivity index (χ1) is 5.70. The molecule has 0 spiro atoms. The Morgan fingerprint density at radius 3 is 3.00 bits per heavy atom. The summed E-state index contributed by atoms with van der Waals surface area (Å²) in [7, 11) is 0. The number of rotatable bonds is 3. The molecule has 0 aromatic heterocycles. The van der Waals surface area contributed by atoms with Crippen molar-refractivity contribution in [1.29, 1.82) is 0 Å². The average Bonchev–Trinajstić information content (AvgIpc) is 2.06. The van der Waals surface area contributed by atoms with E-state index in [0.717, 1.165) is 13.1 Å². The highest BCUT2D eigenvalue weighted by atomic mass is 32.2. The third-order valence-corrected chi connectivity index (χ3v) is 3.48. The van der Waals surface area contributed by atoms with E-state index in [2.05, 4.69) is 5.32 Å². The van der Waals surface area contributed by atoms with Gasteiger partial charge in [-0.25, -0.2) is 0 Å². The molecule has 70 valence electrons. The summed E-state index contributed by atoms with van der Waals surface area (Å²) in [6.07, 6.45) is 2.42. The van der Waals surface area contributed by atoms with Crippen LogP contribution in [0.15, 0.2) is 0 Å². The van der Waals surface area contributed by atoms with Gasteiger partial charge in [-0.05, 0) is 26.3 Å². The maximum atomic E-state index is 10.8. The summed E-state index contributed by atoms with van der Waals surface area (Å²) in [5.74, 6) is -0.203. The zero-order valence-electron chi connectivity index (χ0n) is 7.38.